The van der Waals surface area contributed by atoms with E-state index in [9.17, 15) is 9.59 Å². The summed E-state index contributed by atoms with van der Waals surface area (Å²) in [5.41, 5.74) is 5.32. The van der Waals surface area contributed by atoms with Gasteiger partial charge in [0, 0.05) is 11.1 Å². The van der Waals surface area contributed by atoms with Crippen molar-refractivity contribution < 1.29 is 19.1 Å². The molecule has 0 aliphatic heterocycles. The highest BCUT2D eigenvalue weighted by Crippen LogP contribution is 2.23. The first kappa shape index (κ1) is 19.4. The third-order valence-corrected chi connectivity index (χ3v) is 4.73. The first-order valence-electron chi connectivity index (χ1n) is 8.99. The SMILES string of the molecule is COc1ccc(C=O)c(Cc2cccc(Cc3cc(OC)ccc3C=O)c2)c1. The van der Waals surface area contributed by atoms with Crippen LogP contribution in [0.1, 0.15) is 43.0 Å². The monoisotopic (exact) mass is 374 g/mol. The maximum absolute atomic E-state index is 11.4. The number of rotatable bonds is 8. The molecule has 4 nitrogen and oxygen atoms in total. The van der Waals surface area contributed by atoms with Crippen LogP contribution in [0.25, 0.3) is 0 Å². The van der Waals surface area contributed by atoms with Gasteiger partial charge < -0.3 is 9.47 Å². The number of hydrogen-bond acceptors (Lipinski definition) is 4. The zero-order chi connectivity index (χ0) is 19.9. The Morgan fingerprint density at radius 1 is 0.679 bits per heavy atom. The second kappa shape index (κ2) is 9.00. The largest absolute Gasteiger partial charge is 0.497 e. The summed E-state index contributed by atoms with van der Waals surface area (Å²) in [6, 6.07) is 19.1. The zero-order valence-corrected chi connectivity index (χ0v) is 16.0. The van der Waals surface area contributed by atoms with Crippen LogP contribution in [0, 0.1) is 0 Å². The Labute approximate surface area is 164 Å². The average molecular weight is 374 g/mol. The lowest BCUT2D eigenvalue weighted by molar-refractivity contribution is 0.111. The molecule has 0 spiro atoms. The third-order valence-electron chi connectivity index (χ3n) is 4.73. The summed E-state index contributed by atoms with van der Waals surface area (Å²) in [7, 11) is 3.22. The smallest absolute Gasteiger partial charge is 0.150 e. The molecule has 0 aromatic heterocycles. The molecule has 0 bridgehead atoms. The van der Waals surface area contributed by atoms with Gasteiger partial charge in [0.15, 0.2) is 0 Å². The van der Waals surface area contributed by atoms with Crippen molar-refractivity contribution in [1.29, 1.82) is 0 Å². The van der Waals surface area contributed by atoms with Crippen molar-refractivity contribution in [2.24, 2.45) is 0 Å². The summed E-state index contributed by atoms with van der Waals surface area (Å²) in [5.74, 6) is 1.45. The van der Waals surface area contributed by atoms with Gasteiger partial charge in [-0.25, -0.2) is 0 Å². The Morgan fingerprint density at radius 3 is 1.54 bits per heavy atom. The van der Waals surface area contributed by atoms with Crippen molar-refractivity contribution >= 4 is 12.6 Å². The van der Waals surface area contributed by atoms with E-state index in [1.807, 2.05) is 30.3 Å². The highest BCUT2D eigenvalue weighted by Gasteiger charge is 2.08. The summed E-state index contributed by atoms with van der Waals surface area (Å²) >= 11 is 0. The van der Waals surface area contributed by atoms with Gasteiger partial charge in [0.1, 0.15) is 24.1 Å². The molecule has 4 heteroatoms. The van der Waals surface area contributed by atoms with Crippen LogP contribution in [-0.4, -0.2) is 26.8 Å². The zero-order valence-electron chi connectivity index (χ0n) is 16.0. The number of hydrogen-bond donors (Lipinski definition) is 0. The fraction of sp³-hybridized carbons (Fsp3) is 0.167. The molecule has 0 unspecified atom stereocenters. The third kappa shape index (κ3) is 4.46. The number of benzene rings is 3. The average Bonchev–Trinajstić information content (AvgIpc) is 2.73. The van der Waals surface area contributed by atoms with Crippen LogP contribution in [0.15, 0.2) is 60.7 Å². The van der Waals surface area contributed by atoms with Gasteiger partial charge in [-0.3, -0.25) is 9.59 Å². The summed E-state index contributed by atoms with van der Waals surface area (Å²) in [4.78, 5) is 22.7. The lowest BCUT2D eigenvalue weighted by Gasteiger charge is -2.11. The van der Waals surface area contributed by atoms with Crippen molar-refractivity contribution in [2.45, 2.75) is 12.8 Å². The fourth-order valence-corrected chi connectivity index (χ4v) is 3.24. The maximum atomic E-state index is 11.4. The maximum Gasteiger partial charge on any atom is 0.150 e. The van der Waals surface area contributed by atoms with Crippen LogP contribution in [0.3, 0.4) is 0 Å². The minimum absolute atomic E-state index is 0.623. The molecule has 142 valence electrons. The number of carbonyl (C=O) groups excluding carboxylic acids is 2. The topological polar surface area (TPSA) is 52.6 Å². The van der Waals surface area contributed by atoms with Gasteiger partial charge in [-0.15, -0.1) is 0 Å². The van der Waals surface area contributed by atoms with E-state index in [0.29, 0.717) is 24.0 Å². The van der Waals surface area contributed by atoms with Crippen LogP contribution in [-0.2, 0) is 12.8 Å². The number of ether oxygens (including phenoxy) is 2. The van der Waals surface area contributed by atoms with Gasteiger partial charge in [0.05, 0.1) is 14.2 Å². The molecule has 0 amide bonds. The van der Waals surface area contributed by atoms with Crippen molar-refractivity contribution in [2.75, 3.05) is 14.2 Å². The highest BCUT2D eigenvalue weighted by molar-refractivity contribution is 5.78. The fourth-order valence-electron chi connectivity index (χ4n) is 3.24. The summed E-state index contributed by atoms with van der Waals surface area (Å²) in [6.45, 7) is 0. The highest BCUT2D eigenvalue weighted by atomic mass is 16.5. The lowest BCUT2D eigenvalue weighted by Crippen LogP contribution is -1.99. The molecule has 3 aromatic carbocycles. The second-order valence-corrected chi connectivity index (χ2v) is 6.54. The van der Waals surface area contributed by atoms with E-state index in [1.54, 1.807) is 38.5 Å². The van der Waals surface area contributed by atoms with Gasteiger partial charge in [0.25, 0.3) is 0 Å². The normalized spacial score (nSPS) is 10.4. The minimum Gasteiger partial charge on any atom is -0.497 e. The lowest BCUT2D eigenvalue weighted by atomic mass is 9.95. The Hall–Kier alpha value is -3.40. The molecule has 3 aromatic rings. The molecule has 3 rings (SSSR count). The summed E-state index contributed by atoms with van der Waals surface area (Å²) < 4.78 is 10.6. The molecule has 0 aliphatic rings. The van der Waals surface area contributed by atoms with Gasteiger partial charge in [-0.2, -0.15) is 0 Å². The molecule has 0 N–H and O–H groups in total. The van der Waals surface area contributed by atoms with E-state index in [0.717, 1.165) is 46.3 Å². The number of methoxy groups -OCH3 is 2. The van der Waals surface area contributed by atoms with Crippen LogP contribution in [0.4, 0.5) is 0 Å². The van der Waals surface area contributed by atoms with E-state index in [4.69, 9.17) is 9.47 Å². The predicted octanol–water partition coefficient (Wildman–Crippen LogP) is 4.51. The Kier molecular flexibility index (Phi) is 6.22. The van der Waals surface area contributed by atoms with E-state index in [1.165, 1.54) is 0 Å². The molecular weight excluding hydrogens is 352 g/mol. The van der Waals surface area contributed by atoms with Crippen molar-refractivity contribution in [3.8, 4) is 11.5 Å². The Morgan fingerprint density at radius 2 is 1.14 bits per heavy atom. The first-order valence-corrected chi connectivity index (χ1v) is 8.99. The second-order valence-electron chi connectivity index (χ2n) is 6.54. The van der Waals surface area contributed by atoms with E-state index < -0.39 is 0 Å². The van der Waals surface area contributed by atoms with Gasteiger partial charge in [-0.1, -0.05) is 24.3 Å². The summed E-state index contributed by atoms with van der Waals surface area (Å²) in [6.07, 6.45) is 2.98. The summed E-state index contributed by atoms with van der Waals surface area (Å²) in [5, 5.41) is 0. The molecule has 0 saturated heterocycles. The molecule has 0 saturated carbocycles. The first-order chi connectivity index (χ1) is 13.7. The Balaban J connectivity index is 1.88. The minimum atomic E-state index is 0.623. The number of aldehydes is 2. The molecular formula is C24H22O4. The van der Waals surface area contributed by atoms with Crippen LogP contribution < -0.4 is 9.47 Å². The molecule has 28 heavy (non-hydrogen) atoms. The van der Waals surface area contributed by atoms with E-state index in [-0.39, 0.29) is 0 Å². The number of carbonyl (C=O) groups is 2. The van der Waals surface area contributed by atoms with Crippen molar-refractivity contribution in [3.05, 3.63) is 94.0 Å². The van der Waals surface area contributed by atoms with Crippen molar-refractivity contribution in [1.82, 2.24) is 0 Å². The molecule has 0 heterocycles. The van der Waals surface area contributed by atoms with Gasteiger partial charge in [0.2, 0.25) is 0 Å². The van der Waals surface area contributed by atoms with Crippen molar-refractivity contribution in [3.63, 3.8) is 0 Å². The van der Waals surface area contributed by atoms with E-state index in [2.05, 4.69) is 6.07 Å². The standard InChI is InChI=1S/C24H22O4/c1-27-23-8-6-19(15-25)21(13-23)11-17-4-3-5-18(10-17)12-22-14-24(28-2)9-7-20(22)16-26/h3-10,13-16H,11-12H2,1-2H3. The van der Waals surface area contributed by atoms with Crippen LogP contribution in [0.2, 0.25) is 0 Å². The molecule has 0 aliphatic carbocycles. The van der Waals surface area contributed by atoms with E-state index >= 15 is 0 Å². The van der Waals surface area contributed by atoms with Crippen LogP contribution >= 0.6 is 0 Å². The van der Waals surface area contributed by atoms with Crippen LogP contribution in [0.5, 0.6) is 11.5 Å². The molecule has 0 radical (unpaired) electrons. The van der Waals surface area contributed by atoms with Gasteiger partial charge >= 0.3 is 0 Å². The quantitative estimate of drug-likeness (QED) is 0.545. The predicted molar refractivity (Wildman–Crippen MR) is 109 cm³/mol. The Bertz CT molecular complexity index is 915. The molecule has 0 atom stereocenters. The molecule has 0 fully saturated rings. The van der Waals surface area contributed by atoms with Gasteiger partial charge in [-0.05, 0) is 71.5 Å².